The third-order valence-electron chi connectivity index (χ3n) is 5.48. The maximum atomic E-state index is 15.5. The largest absolute Gasteiger partial charge is 0.416 e. The fraction of sp³-hybridized carbons (Fsp3) is 0.286. The Morgan fingerprint density at radius 3 is 2.50 bits per heavy atom. The zero-order valence-electron chi connectivity index (χ0n) is 16.8. The summed E-state index contributed by atoms with van der Waals surface area (Å²) < 4.78 is 72.4. The monoisotopic (exact) mass is 514 g/mol. The van der Waals surface area contributed by atoms with Crippen molar-refractivity contribution in [3.05, 3.63) is 75.3 Å². The number of aromatic nitrogens is 3. The standard InChI is InChI=1S/C21H16BrF5N4O/c1-20(24,17(23)18-29-28-10-30(18)2)11-4-3-5-13(6-11)31-9-15-14(19(31)32)7-12(22)8-16(15)21(25,26)27/h3-8,10,17H,9H2,1-2H3. The highest BCUT2D eigenvalue weighted by molar-refractivity contribution is 9.10. The van der Waals surface area contributed by atoms with Crippen LogP contribution < -0.4 is 4.90 Å². The average molecular weight is 515 g/mol. The molecule has 2 aromatic carbocycles. The second-order valence-corrected chi connectivity index (χ2v) is 8.57. The van der Waals surface area contributed by atoms with Crippen LogP contribution in [0.2, 0.25) is 0 Å². The third-order valence-corrected chi connectivity index (χ3v) is 5.94. The Morgan fingerprint density at radius 2 is 1.88 bits per heavy atom. The number of benzene rings is 2. The van der Waals surface area contributed by atoms with Gasteiger partial charge in [-0.05, 0) is 42.3 Å². The van der Waals surface area contributed by atoms with Gasteiger partial charge >= 0.3 is 6.18 Å². The van der Waals surface area contributed by atoms with Crippen molar-refractivity contribution < 1.29 is 26.7 Å². The molecule has 0 N–H and O–H groups in total. The quantitative estimate of drug-likeness (QED) is 0.422. The second-order valence-electron chi connectivity index (χ2n) is 7.66. The summed E-state index contributed by atoms with van der Waals surface area (Å²) in [6, 6.07) is 7.72. The van der Waals surface area contributed by atoms with Crippen LogP contribution in [-0.4, -0.2) is 20.7 Å². The smallest absolute Gasteiger partial charge is 0.318 e. The molecule has 1 aromatic heterocycles. The number of alkyl halides is 5. The fourth-order valence-corrected chi connectivity index (χ4v) is 4.18. The first kappa shape index (κ1) is 22.4. The van der Waals surface area contributed by atoms with E-state index in [0.29, 0.717) is 0 Å². The molecule has 2 heterocycles. The molecule has 1 aliphatic heterocycles. The number of carbonyl (C=O) groups excluding carboxylic acids is 1. The summed E-state index contributed by atoms with van der Waals surface area (Å²) in [5.41, 5.74) is -3.65. The molecule has 5 nitrogen and oxygen atoms in total. The number of aryl methyl sites for hydroxylation is 1. The molecule has 32 heavy (non-hydrogen) atoms. The molecule has 0 fully saturated rings. The molecule has 0 spiro atoms. The predicted molar refractivity (Wildman–Crippen MR) is 109 cm³/mol. The molecule has 1 amide bonds. The van der Waals surface area contributed by atoms with Crippen LogP contribution in [0.25, 0.3) is 0 Å². The van der Waals surface area contributed by atoms with Gasteiger partial charge in [0.1, 0.15) is 6.33 Å². The van der Waals surface area contributed by atoms with Crippen molar-refractivity contribution in [2.45, 2.75) is 31.5 Å². The Bertz CT molecular complexity index is 1210. The number of anilines is 1. The topological polar surface area (TPSA) is 51.0 Å². The number of nitrogens with zero attached hydrogens (tertiary/aromatic N) is 4. The van der Waals surface area contributed by atoms with E-state index >= 15 is 8.78 Å². The van der Waals surface area contributed by atoms with Crippen LogP contribution in [-0.2, 0) is 25.4 Å². The van der Waals surface area contributed by atoms with Gasteiger partial charge in [-0.25, -0.2) is 8.78 Å². The lowest BCUT2D eigenvalue weighted by molar-refractivity contribution is -0.138. The van der Waals surface area contributed by atoms with Gasteiger partial charge in [0.05, 0.1) is 12.1 Å². The molecule has 2 atom stereocenters. The van der Waals surface area contributed by atoms with Crippen molar-refractivity contribution in [1.29, 1.82) is 0 Å². The molecule has 0 bridgehead atoms. The molecule has 2 unspecified atom stereocenters. The van der Waals surface area contributed by atoms with Crippen LogP contribution in [0.4, 0.5) is 27.6 Å². The Labute approximate surface area is 188 Å². The first-order chi connectivity index (χ1) is 14.9. The van der Waals surface area contributed by atoms with E-state index in [0.717, 1.165) is 17.9 Å². The van der Waals surface area contributed by atoms with Crippen molar-refractivity contribution in [2.75, 3.05) is 4.90 Å². The molecule has 0 saturated heterocycles. The van der Waals surface area contributed by atoms with Gasteiger partial charge in [-0.1, -0.05) is 28.1 Å². The third kappa shape index (κ3) is 3.68. The number of amides is 1. The van der Waals surface area contributed by atoms with E-state index in [9.17, 15) is 18.0 Å². The van der Waals surface area contributed by atoms with E-state index in [1.807, 2.05) is 0 Å². The minimum atomic E-state index is -4.65. The lowest BCUT2D eigenvalue weighted by Crippen LogP contribution is -2.27. The van der Waals surface area contributed by atoms with Gasteiger partial charge in [0.25, 0.3) is 5.91 Å². The fourth-order valence-electron chi connectivity index (χ4n) is 3.72. The summed E-state index contributed by atoms with van der Waals surface area (Å²) in [7, 11) is 1.48. The maximum Gasteiger partial charge on any atom is 0.416 e. The van der Waals surface area contributed by atoms with E-state index in [4.69, 9.17) is 0 Å². The molecule has 11 heteroatoms. The van der Waals surface area contributed by atoms with Gasteiger partial charge in [-0.2, -0.15) is 13.2 Å². The van der Waals surface area contributed by atoms with Gasteiger partial charge in [0.2, 0.25) is 0 Å². The van der Waals surface area contributed by atoms with E-state index in [1.165, 1.54) is 48.3 Å². The highest BCUT2D eigenvalue weighted by Crippen LogP contribution is 2.43. The molecule has 0 aliphatic carbocycles. The minimum Gasteiger partial charge on any atom is -0.318 e. The normalized spacial score (nSPS) is 16.8. The molecule has 168 valence electrons. The Balaban J connectivity index is 1.71. The highest BCUT2D eigenvalue weighted by atomic mass is 79.9. The molecule has 1 aliphatic rings. The number of carbonyl (C=O) groups is 1. The van der Waals surface area contributed by atoms with Crippen molar-refractivity contribution >= 4 is 27.5 Å². The number of halogens is 6. The molecule has 4 rings (SSSR count). The van der Waals surface area contributed by atoms with Crippen LogP contribution in [0.15, 0.2) is 47.2 Å². The van der Waals surface area contributed by atoms with Gasteiger partial charge in [-0.3, -0.25) is 4.79 Å². The van der Waals surface area contributed by atoms with E-state index in [1.54, 1.807) is 0 Å². The van der Waals surface area contributed by atoms with Crippen molar-refractivity contribution in [3.8, 4) is 0 Å². The van der Waals surface area contributed by atoms with Gasteiger partial charge < -0.3 is 9.47 Å². The van der Waals surface area contributed by atoms with Gasteiger partial charge in [-0.15, -0.1) is 10.2 Å². The van der Waals surface area contributed by atoms with E-state index < -0.39 is 29.5 Å². The van der Waals surface area contributed by atoms with E-state index in [2.05, 4.69) is 26.1 Å². The van der Waals surface area contributed by atoms with Crippen LogP contribution >= 0.6 is 15.9 Å². The molecule has 0 saturated carbocycles. The Kier molecular flexibility index (Phi) is 5.35. The first-order valence-corrected chi connectivity index (χ1v) is 10.2. The zero-order chi connectivity index (χ0) is 23.4. The van der Waals surface area contributed by atoms with Gasteiger partial charge in [0.15, 0.2) is 17.7 Å². The lowest BCUT2D eigenvalue weighted by atomic mass is 9.92. The van der Waals surface area contributed by atoms with Crippen molar-refractivity contribution in [1.82, 2.24) is 14.8 Å². The number of fused-ring (bicyclic) bond motifs is 1. The van der Waals surface area contributed by atoms with Crippen LogP contribution in [0.3, 0.4) is 0 Å². The van der Waals surface area contributed by atoms with E-state index in [-0.39, 0.29) is 39.2 Å². The maximum absolute atomic E-state index is 15.5. The van der Waals surface area contributed by atoms with Crippen LogP contribution in [0.5, 0.6) is 0 Å². The molecular formula is C21H16BrF5N4O. The summed E-state index contributed by atoms with van der Waals surface area (Å²) in [4.78, 5) is 14.0. The number of hydrogen-bond donors (Lipinski definition) is 0. The summed E-state index contributed by atoms with van der Waals surface area (Å²) in [5, 5.41) is 7.17. The van der Waals surface area contributed by atoms with Crippen LogP contribution in [0, 0.1) is 0 Å². The highest BCUT2D eigenvalue weighted by Gasteiger charge is 2.43. The molecule has 3 aromatic rings. The van der Waals surface area contributed by atoms with Crippen molar-refractivity contribution in [3.63, 3.8) is 0 Å². The predicted octanol–water partition coefficient (Wildman–Crippen LogP) is 5.65. The Hall–Kier alpha value is -2.82. The summed E-state index contributed by atoms with van der Waals surface area (Å²) in [5.74, 6) is -0.876. The zero-order valence-corrected chi connectivity index (χ0v) is 18.4. The second kappa shape index (κ2) is 7.65. The summed E-state index contributed by atoms with van der Waals surface area (Å²) >= 11 is 3.02. The van der Waals surface area contributed by atoms with Crippen LogP contribution in [0.1, 0.15) is 46.0 Å². The minimum absolute atomic E-state index is 0.0912. The average Bonchev–Trinajstić information content (AvgIpc) is 3.29. The SMILES string of the molecule is Cn1cnnc1C(F)C(C)(F)c1cccc(N2Cc3c(cc(Br)cc3C(F)(F)F)C2=O)c1. The van der Waals surface area contributed by atoms with Gasteiger partial charge in [0, 0.05) is 22.8 Å². The lowest BCUT2D eigenvalue weighted by Gasteiger charge is -2.26. The summed E-state index contributed by atoms with van der Waals surface area (Å²) in [6.07, 6.45) is -5.57. The Morgan fingerprint density at radius 1 is 1.16 bits per heavy atom. The molecule has 0 radical (unpaired) electrons. The van der Waals surface area contributed by atoms with Crippen molar-refractivity contribution in [2.24, 2.45) is 7.05 Å². The number of rotatable bonds is 4. The number of hydrogen-bond acceptors (Lipinski definition) is 3. The molecular weight excluding hydrogens is 499 g/mol. The first-order valence-electron chi connectivity index (χ1n) is 9.40. The summed E-state index contributed by atoms with van der Waals surface area (Å²) in [6.45, 7) is 0.690.